The number of carbonyl (C=O) groups excluding carboxylic acids is 2. The van der Waals surface area contributed by atoms with Crippen LogP contribution in [0.1, 0.15) is 17.3 Å². The summed E-state index contributed by atoms with van der Waals surface area (Å²) < 4.78 is 64.4. The normalized spacial score (nSPS) is 21.6. The van der Waals surface area contributed by atoms with E-state index in [9.17, 15) is 27.2 Å². The number of halogens is 5. The number of likely N-dealkylation sites (tertiary alicyclic amines) is 1. The SMILES string of the molecule is COc1ncc(Br)cc1C(=O)N(C)[C@@H]1CN(C(=O)[C@@](C)(OC)C(F)(F)F)C[C@@H]1F. The van der Waals surface area contributed by atoms with Crippen molar-refractivity contribution in [2.75, 3.05) is 34.4 Å². The Kier molecular flexibility index (Phi) is 6.78. The second kappa shape index (κ2) is 8.42. The van der Waals surface area contributed by atoms with Crippen LogP contribution in [0.15, 0.2) is 16.7 Å². The third-order valence-corrected chi connectivity index (χ3v) is 5.36. The van der Waals surface area contributed by atoms with Crippen molar-refractivity contribution in [3.05, 3.63) is 22.3 Å². The van der Waals surface area contributed by atoms with Gasteiger partial charge >= 0.3 is 6.18 Å². The van der Waals surface area contributed by atoms with Gasteiger partial charge in [-0.2, -0.15) is 13.2 Å². The fraction of sp³-hybridized carbons (Fsp3) is 0.588. The maximum absolute atomic E-state index is 14.6. The van der Waals surface area contributed by atoms with Crippen LogP contribution in [0.5, 0.6) is 5.88 Å². The van der Waals surface area contributed by atoms with E-state index in [2.05, 4.69) is 25.7 Å². The minimum atomic E-state index is -4.99. The predicted octanol–water partition coefficient (Wildman–Crippen LogP) is 2.44. The number of hydrogen-bond acceptors (Lipinski definition) is 5. The first kappa shape index (κ1) is 23.3. The molecule has 0 N–H and O–H groups in total. The molecule has 29 heavy (non-hydrogen) atoms. The summed E-state index contributed by atoms with van der Waals surface area (Å²) in [6.07, 6.45) is -5.32. The summed E-state index contributed by atoms with van der Waals surface area (Å²) in [6, 6.07) is 0.283. The van der Waals surface area contributed by atoms with Crippen LogP contribution in [0.2, 0.25) is 0 Å². The summed E-state index contributed by atoms with van der Waals surface area (Å²) in [4.78, 5) is 30.9. The van der Waals surface area contributed by atoms with E-state index in [1.165, 1.54) is 26.4 Å². The van der Waals surface area contributed by atoms with Gasteiger partial charge in [0.2, 0.25) is 11.5 Å². The second-order valence-corrected chi connectivity index (χ2v) is 7.57. The lowest BCUT2D eigenvalue weighted by atomic mass is 10.0. The van der Waals surface area contributed by atoms with E-state index in [0.717, 1.165) is 12.0 Å². The Bertz CT molecular complexity index is 794. The number of rotatable bonds is 5. The number of pyridine rings is 1. The van der Waals surface area contributed by atoms with Crippen LogP contribution in [-0.2, 0) is 9.53 Å². The molecule has 0 radical (unpaired) electrons. The van der Waals surface area contributed by atoms with Crippen LogP contribution in [0, 0.1) is 0 Å². The molecule has 1 aromatic heterocycles. The molecule has 0 spiro atoms. The minimum absolute atomic E-state index is 0.00965. The van der Waals surface area contributed by atoms with Gasteiger partial charge in [-0.3, -0.25) is 9.59 Å². The molecule has 1 aromatic rings. The Morgan fingerprint density at radius 1 is 1.31 bits per heavy atom. The third-order valence-electron chi connectivity index (χ3n) is 4.92. The number of nitrogens with zero attached hydrogens (tertiary/aromatic N) is 3. The van der Waals surface area contributed by atoms with Crippen LogP contribution < -0.4 is 4.74 Å². The predicted molar refractivity (Wildman–Crippen MR) is 97.3 cm³/mol. The molecule has 1 aliphatic heterocycles. The van der Waals surface area contributed by atoms with Crippen molar-refractivity contribution in [2.24, 2.45) is 0 Å². The topological polar surface area (TPSA) is 72.0 Å². The Morgan fingerprint density at radius 3 is 2.45 bits per heavy atom. The van der Waals surface area contributed by atoms with Crippen molar-refractivity contribution < 1.29 is 36.6 Å². The number of methoxy groups -OCH3 is 2. The fourth-order valence-corrected chi connectivity index (χ4v) is 3.32. The van der Waals surface area contributed by atoms with Gasteiger partial charge in [0.25, 0.3) is 11.8 Å². The van der Waals surface area contributed by atoms with Gasteiger partial charge in [-0.1, -0.05) is 0 Å². The number of carbonyl (C=O) groups is 2. The van der Waals surface area contributed by atoms with Gasteiger partial charge in [0, 0.05) is 31.4 Å². The van der Waals surface area contributed by atoms with Crippen LogP contribution in [0.25, 0.3) is 0 Å². The standard InChI is InChI=1S/C17H20BrF4N3O4/c1-16(29-4,17(20,21)22)15(27)25-7-11(19)12(8-25)24(2)14(26)10-5-9(18)6-23-13(10)28-3/h5-6,11-12H,7-8H2,1-4H3/t11-,12+,16+/m0/s1. The van der Waals surface area contributed by atoms with Crippen molar-refractivity contribution in [2.45, 2.75) is 30.9 Å². The number of ether oxygens (including phenoxy) is 2. The summed E-state index contributed by atoms with van der Waals surface area (Å²) >= 11 is 3.18. The van der Waals surface area contributed by atoms with Gasteiger partial charge in [0.1, 0.15) is 11.7 Å². The van der Waals surface area contributed by atoms with Gasteiger partial charge in [0.15, 0.2) is 0 Å². The minimum Gasteiger partial charge on any atom is -0.480 e. The van der Waals surface area contributed by atoms with E-state index >= 15 is 0 Å². The monoisotopic (exact) mass is 485 g/mol. The first-order valence-corrected chi connectivity index (χ1v) is 9.18. The summed E-state index contributed by atoms with van der Waals surface area (Å²) in [6.45, 7) is -0.423. The Labute approximate surface area is 173 Å². The zero-order valence-corrected chi connectivity index (χ0v) is 17.7. The highest BCUT2D eigenvalue weighted by atomic mass is 79.9. The molecule has 12 heteroatoms. The molecule has 1 saturated heterocycles. The molecule has 0 aliphatic carbocycles. The van der Waals surface area contributed by atoms with Gasteiger partial charge < -0.3 is 19.3 Å². The van der Waals surface area contributed by atoms with E-state index in [1.54, 1.807) is 0 Å². The molecule has 2 amide bonds. The molecule has 7 nitrogen and oxygen atoms in total. The number of likely N-dealkylation sites (N-methyl/N-ethyl adjacent to an activating group) is 1. The van der Waals surface area contributed by atoms with E-state index in [0.29, 0.717) is 16.3 Å². The van der Waals surface area contributed by atoms with Crippen LogP contribution >= 0.6 is 15.9 Å². The van der Waals surface area contributed by atoms with Gasteiger partial charge in [-0.25, -0.2) is 9.37 Å². The molecule has 3 atom stereocenters. The molecule has 2 rings (SSSR count). The molecule has 0 aromatic carbocycles. The van der Waals surface area contributed by atoms with Crippen LogP contribution in [0.3, 0.4) is 0 Å². The molecular formula is C17H20BrF4N3O4. The molecule has 162 valence electrons. The number of hydrogen-bond donors (Lipinski definition) is 0. The van der Waals surface area contributed by atoms with E-state index in [4.69, 9.17) is 4.74 Å². The zero-order chi connectivity index (χ0) is 22.1. The molecular weight excluding hydrogens is 466 g/mol. The lowest BCUT2D eigenvalue weighted by Crippen LogP contribution is -2.57. The highest BCUT2D eigenvalue weighted by Crippen LogP contribution is 2.36. The Balaban J connectivity index is 2.24. The lowest BCUT2D eigenvalue weighted by Gasteiger charge is -2.33. The maximum atomic E-state index is 14.6. The first-order valence-electron chi connectivity index (χ1n) is 8.39. The average Bonchev–Trinajstić information content (AvgIpc) is 3.06. The number of amides is 2. The average molecular weight is 486 g/mol. The first-order chi connectivity index (χ1) is 13.4. The number of aromatic nitrogens is 1. The molecule has 2 heterocycles. The summed E-state index contributed by atoms with van der Waals surface area (Å²) in [7, 11) is 3.37. The molecule has 1 aliphatic rings. The zero-order valence-electron chi connectivity index (χ0n) is 16.1. The van der Waals surface area contributed by atoms with Gasteiger partial charge in [-0.15, -0.1) is 0 Å². The Hall–Kier alpha value is -1.95. The quantitative estimate of drug-likeness (QED) is 0.599. The van der Waals surface area contributed by atoms with Crippen molar-refractivity contribution in [3.8, 4) is 5.88 Å². The van der Waals surface area contributed by atoms with Gasteiger partial charge in [0.05, 0.1) is 19.7 Å². The van der Waals surface area contributed by atoms with Crippen LogP contribution in [-0.4, -0.2) is 84.9 Å². The third kappa shape index (κ3) is 4.32. The lowest BCUT2D eigenvalue weighted by molar-refractivity contribution is -0.258. The smallest absolute Gasteiger partial charge is 0.426 e. The van der Waals surface area contributed by atoms with E-state index in [-0.39, 0.29) is 11.4 Å². The summed E-state index contributed by atoms with van der Waals surface area (Å²) in [5, 5.41) is 0. The summed E-state index contributed by atoms with van der Waals surface area (Å²) in [5.41, 5.74) is -3.07. The van der Waals surface area contributed by atoms with Crippen molar-refractivity contribution in [1.82, 2.24) is 14.8 Å². The van der Waals surface area contributed by atoms with E-state index < -0.39 is 48.9 Å². The maximum Gasteiger partial charge on any atom is 0.426 e. The molecule has 1 fully saturated rings. The summed E-state index contributed by atoms with van der Waals surface area (Å²) in [5.74, 6) is -2.06. The van der Waals surface area contributed by atoms with Gasteiger partial charge in [-0.05, 0) is 28.9 Å². The van der Waals surface area contributed by atoms with Crippen LogP contribution in [0.4, 0.5) is 17.6 Å². The largest absolute Gasteiger partial charge is 0.480 e. The number of alkyl halides is 4. The second-order valence-electron chi connectivity index (χ2n) is 6.66. The molecule has 0 unspecified atom stereocenters. The van der Waals surface area contributed by atoms with Crippen molar-refractivity contribution in [3.63, 3.8) is 0 Å². The van der Waals surface area contributed by atoms with Crippen molar-refractivity contribution in [1.29, 1.82) is 0 Å². The fourth-order valence-electron chi connectivity index (χ4n) is 2.99. The van der Waals surface area contributed by atoms with E-state index in [1.807, 2.05) is 0 Å². The van der Waals surface area contributed by atoms with Crippen molar-refractivity contribution >= 4 is 27.7 Å². The highest BCUT2D eigenvalue weighted by Gasteiger charge is 2.60. The molecule has 0 bridgehead atoms. The Morgan fingerprint density at radius 2 is 1.93 bits per heavy atom. The molecule has 0 saturated carbocycles. The highest BCUT2D eigenvalue weighted by molar-refractivity contribution is 9.10.